The van der Waals surface area contributed by atoms with E-state index in [0.29, 0.717) is 0 Å². The molecule has 1 rings (SSSR count). The highest BCUT2D eigenvalue weighted by atomic mass is 35.5. The molecule has 0 amide bonds. The van der Waals surface area contributed by atoms with E-state index in [0.717, 1.165) is 4.42 Å². The highest BCUT2D eigenvalue weighted by Gasteiger charge is 2.40. The predicted octanol–water partition coefficient (Wildman–Crippen LogP) is -1.38. The summed E-state index contributed by atoms with van der Waals surface area (Å²) in [6.45, 7) is 2.99. The molecule has 8 nitrogen and oxygen atoms in total. The Bertz CT molecular complexity index is 370. The van der Waals surface area contributed by atoms with Crippen LogP contribution in [0.2, 0.25) is 0 Å². The van der Waals surface area contributed by atoms with Crippen LogP contribution in [-0.2, 0) is 14.3 Å². The van der Waals surface area contributed by atoms with Crippen molar-refractivity contribution in [3.05, 3.63) is 0 Å². The smallest absolute Gasteiger partial charge is 0.327 e. The first kappa shape index (κ1) is 19.6. The maximum Gasteiger partial charge on any atom is 0.327 e. The molecule has 1 fully saturated rings. The molecule has 1 aliphatic heterocycles. The summed E-state index contributed by atoms with van der Waals surface area (Å²) in [6.07, 6.45) is -5.33. The van der Waals surface area contributed by atoms with E-state index in [2.05, 4.69) is 4.74 Å². The lowest BCUT2D eigenvalue weighted by atomic mass is 9.95. The Hall–Kier alpha value is -0.480. The van der Waals surface area contributed by atoms with E-state index in [9.17, 15) is 25.2 Å². The van der Waals surface area contributed by atoms with Crippen molar-refractivity contribution in [2.45, 2.75) is 62.9 Å². The van der Waals surface area contributed by atoms with E-state index in [1.807, 2.05) is 0 Å². The van der Waals surface area contributed by atoms with E-state index in [1.54, 1.807) is 6.92 Å². The molecule has 0 spiro atoms. The average Bonchev–Trinajstić information content (AvgIpc) is 2.47. The molecule has 2 unspecified atom stereocenters. The second kappa shape index (κ2) is 8.39. The predicted molar refractivity (Wildman–Crippen MR) is 77.0 cm³/mol. The molecule has 1 heterocycles. The molecule has 1 aliphatic rings. The first-order chi connectivity index (χ1) is 10.2. The number of carbonyl (C=O) groups is 1. The highest BCUT2D eigenvalue weighted by Crippen LogP contribution is 2.24. The SMILES string of the molecule is COC(=O)[C@H](C(C)O)N(Cl)C(C)C[C@@H]1OC[C@@H](O)[C@H](O)[C@H]1O. The van der Waals surface area contributed by atoms with Gasteiger partial charge in [-0.25, -0.2) is 4.42 Å². The van der Waals surface area contributed by atoms with Gasteiger partial charge in [0.1, 0.15) is 24.4 Å². The molecule has 22 heavy (non-hydrogen) atoms. The quantitative estimate of drug-likeness (QED) is 0.345. The number of rotatable bonds is 6. The van der Waals surface area contributed by atoms with Gasteiger partial charge in [0.05, 0.1) is 25.9 Å². The third kappa shape index (κ3) is 4.51. The number of methoxy groups -OCH3 is 1. The molecule has 4 N–H and O–H groups in total. The molecule has 1 saturated heterocycles. The molecular formula is C13H24ClNO7. The summed E-state index contributed by atoms with van der Waals surface area (Å²) in [6, 6.07) is -1.54. The van der Waals surface area contributed by atoms with E-state index >= 15 is 0 Å². The number of esters is 1. The largest absolute Gasteiger partial charge is 0.468 e. The maximum atomic E-state index is 11.7. The van der Waals surface area contributed by atoms with Gasteiger partial charge in [0.15, 0.2) is 0 Å². The van der Waals surface area contributed by atoms with Gasteiger partial charge in [-0.05, 0) is 32.0 Å². The van der Waals surface area contributed by atoms with Crippen LogP contribution in [-0.4, -0.2) is 87.1 Å². The minimum Gasteiger partial charge on any atom is -0.468 e. The molecule has 7 atom stereocenters. The van der Waals surface area contributed by atoms with Crippen molar-refractivity contribution < 1.29 is 34.7 Å². The Labute approximate surface area is 134 Å². The van der Waals surface area contributed by atoms with E-state index in [-0.39, 0.29) is 13.0 Å². The van der Waals surface area contributed by atoms with Crippen molar-refractivity contribution in [3.8, 4) is 0 Å². The maximum absolute atomic E-state index is 11.7. The number of hydrogen-bond donors (Lipinski definition) is 4. The van der Waals surface area contributed by atoms with Gasteiger partial charge in [-0.3, -0.25) is 4.79 Å². The van der Waals surface area contributed by atoms with Crippen LogP contribution in [0.25, 0.3) is 0 Å². The Morgan fingerprint density at radius 2 is 1.95 bits per heavy atom. The highest BCUT2D eigenvalue weighted by molar-refractivity contribution is 6.15. The minimum atomic E-state index is -1.30. The lowest BCUT2D eigenvalue weighted by molar-refractivity contribution is -0.191. The normalized spacial score (nSPS) is 33.3. The van der Waals surface area contributed by atoms with Gasteiger partial charge >= 0.3 is 5.97 Å². The monoisotopic (exact) mass is 341 g/mol. The molecule has 130 valence electrons. The third-order valence-corrected chi connectivity index (χ3v) is 4.31. The average molecular weight is 342 g/mol. The molecular weight excluding hydrogens is 318 g/mol. The van der Waals surface area contributed by atoms with Crippen LogP contribution < -0.4 is 0 Å². The summed E-state index contributed by atoms with van der Waals surface area (Å²) in [5.74, 6) is -0.683. The fraction of sp³-hybridized carbons (Fsp3) is 0.923. The Morgan fingerprint density at radius 1 is 1.36 bits per heavy atom. The number of carbonyl (C=O) groups excluding carboxylic acids is 1. The molecule has 9 heteroatoms. The van der Waals surface area contributed by atoms with Gasteiger partial charge in [-0.15, -0.1) is 0 Å². The van der Waals surface area contributed by atoms with Gasteiger partial charge in [-0.2, -0.15) is 0 Å². The first-order valence-electron chi connectivity index (χ1n) is 7.06. The van der Waals surface area contributed by atoms with Crippen molar-refractivity contribution in [2.24, 2.45) is 0 Å². The number of aliphatic hydroxyl groups excluding tert-OH is 4. The van der Waals surface area contributed by atoms with Crippen LogP contribution in [0.4, 0.5) is 0 Å². The molecule has 0 aromatic heterocycles. The summed E-state index contributed by atoms with van der Waals surface area (Å²) >= 11 is 6.12. The van der Waals surface area contributed by atoms with Crippen LogP contribution in [0.5, 0.6) is 0 Å². The summed E-state index contributed by atoms with van der Waals surface area (Å²) in [5, 5.41) is 38.7. The molecule has 0 bridgehead atoms. The van der Waals surface area contributed by atoms with Gasteiger partial charge in [-0.1, -0.05) is 0 Å². The van der Waals surface area contributed by atoms with E-state index in [1.165, 1.54) is 14.0 Å². The fourth-order valence-corrected chi connectivity index (χ4v) is 2.73. The zero-order valence-electron chi connectivity index (χ0n) is 12.8. The molecule has 0 aliphatic carbocycles. The minimum absolute atomic E-state index is 0.102. The summed E-state index contributed by atoms with van der Waals surface area (Å²) < 4.78 is 11.0. The topological polar surface area (TPSA) is 120 Å². The van der Waals surface area contributed by atoms with Gasteiger partial charge in [0, 0.05) is 6.04 Å². The van der Waals surface area contributed by atoms with Crippen LogP contribution in [0.15, 0.2) is 0 Å². The second-order valence-corrected chi connectivity index (χ2v) is 5.95. The Balaban J connectivity index is 2.70. The number of nitrogens with zero attached hydrogens (tertiary/aromatic N) is 1. The van der Waals surface area contributed by atoms with E-state index in [4.69, 9.17) is 16.5 Å². The van der Waals surface area contributed by atoms with Crippen molar-refractivity contribution in [1.29, 1.82) is 0 Å². The molecule has 0 aromatic carbocycles. The summed E-state index contributed by atoms with van der Waals surface area (Å²) in [7, 11) is 1.19. The molecule has 0 aromatic rings. The zero-order chi connectivity index (χ0) is 17.0. The van der Waals surface area contributed by atoms with Gasteiger partial charge < -0.3 is 29.9 Å². The standard InChI is InChI=1S/C13H24ClNO7/c1-6(15(14)10(7(2)16)13(20)21-3)4-9-12(19)11(18)8(17)5-22-9/h6-12,16-19H,4-5H2,1-3H3/t6?,7?,8-,9+,10+,11+,12+/m1/s1. The van der Waals surface area contributed by atoms with Crippen LogP contribution in [0.1, 0.15) is 20.3 Å². The summed E-state index contributed by atoms with van der Waals surface area (Å²) in [4.78, 5) is 11.7. The van der Waals surface area contributed by atoms with Crippen molar-refractivity contribution >= 4 is 17.7 Å². The van der Waals surface area contributed by atoms with Crippen molar-refractivity contribution in [3.63, 3.8) is 0 Å². The van der Waals surface area contributed by atoms with Gasteiger partial charge in [0.25, 0.3) is 0 Å². The summed E-state index contributed by atoms with van der Waals surface area (Å²) in [5.41, 5.74) is 0. The number of halogens is 1. The third-order valence-electron chi connectivity index (χ3n) is 3.77. The number of ether oxygens (including phenoxy) is 2. The second-order valence-electron chi connectivity index (χ2n) is 5.56. The van der Waals surface area contributed by atoms with Crippen molar-refractivity contribution in [2.75, 3.05) is 13.7 Å². The van der Waals surface area contributed by atoms with Crippen molar-refractivity contribution in [1.82, 2.24) is 4.42 Å². The fourth-order valence-electron chi connectivity index (χ4n) is 2.41. The lowest BCUT2D eigenvalue weighted by Gasteiger charge is -2.38. The lowest BCUT2D eigenvalue weighted by Crippen LogP contribution is -2.55. The molecule has 0 saturated carbocycles. The zero-order valence-corrected chi connectivity index (χ0v) is 13.6. The number of aliphatic hydroxyl groups is 4. The number of hydrogen-bond acceptors (Lipinski definition) is 8. The molecule has 0 radical (unpaired) electrons. The Kier molecular flexibility index (Phi) is 7.47. The van der Waals surface area contributed by atoms with Crippen LogP contribution in [0.3, 0.4) is 0 Å². The van der Waals surface area contributed by atoms with Gasteiger partial charge in [0.2, 0.25) is 0 Å². The van der Waals surface area contributed by atoms with Crippen LogP contribution in [0, 0.1) is 0 Å². The first-order valence-corrected chi connectivity index (χ1v) is 7.40. The van der Waals surface area contributed by atoms with E-state index < -0.39 is 48.6 Å². The Morgan fingerprint density at radius 3 is 2.45 bits per heavy atom. The van der Waals surface area contributed by atoms with Crippen LogP contribution >= 0.6 is 11.8 Å².